The van der Waals surface area contributed by atoms with Crippen LogP contribution in [0.1, 0.15) is 28.5 Å². The van der Waals surface area contributed by atoms with Gasteiger partial charge in [-0.05, 0) is 56.7 Å². The maximum absolute atomic E-state index is 11.4. The number of aryl methyl sites for hydroxylation is 2. The zero-order valence-electron chi connectivity index (χ0n) is 12.3. The standard InChI is InChI=1S/C16H18N2O3/c1-4-21-13-7-5-12(6-8-13)18-15-14(16(19)20)10(2)9-11(3)17-15/h5-9H,4H2,1-3H3,(H,17,18)(H,19,20). The van der Waals surface area contributed by atoms with E-state index in [0.717, 1.165) is 17.1 Å². The Morgan fingerprint density at radius 2 is 1.95 bits per heavy atom. The second-order valence-electron chi connectivity index (χ2n) is 4.69. The minimum atomic E-state index is -0.992. The summed E-state index contributed by atoms with van der Waals surface area (Å²) in [5.41, 5.74) is 2.40. The normalized spacial score (nSPS) is 10.2. The predicted octanol–water partition coefficient (Wildman–Crippen LogP) is 3.54. The average Bonchev–Trinajstić information content (AvgIpc) is 2.40. The molecule has 2 N–H and O–H groups in total. The molecule has 0 aliphatic rings. The summed E-state index contributed by atoms with van der Waals surface area (Å²) >= 11 is 0. The molecule has 110 valence electrons. The molecule has 0 aliphatic carbocycles. The van der Waals surface area contributed by atoms with Gasteiger partial charge in [-0.1, -0.05) is 0 Å². The Hall–Kier alpha value is -2.56. The van der Waals surface area contributed by atoms with Crippen molar-refractivity contribution in [1.29, 1.82) is 0 Å². The molecule has 1 heterocycles. The molecular weight excluding hydrogens is 268 g/mol. The lowest BCUT2D eigenvalue weighted by Crippen LogP contribution is -2.08. The molecule has 5 heteroatoms. The molecule has 0 spiro atoms. The molecule has 0 saturated heterocycles. The number of rotatable bonds is 5. The third-order valence-corrected chi connectivity index (χ3v) is 2.99. The molecule has 0 radical (unpaired) electrons. The third kappa shape index (κ3) is 3.51. The SMILES string of the molecule is CCOc1ccc(Nc2nc(C)cc(C)c2C(=O)O)cc1. The van der Waals surface area contributed by atoms with Gasteiger partial charge >= 0.3 is 5.97 Å². The molecule has 0 amide bonds. The van der Waals surface area contributed by atoms with Gasteiger partial charge < -0.3 is 15.2 Å². The first-order chi connectivity index (χ1) is 10.0. The Morgan fingerprint density at radius 1 is 1.29 bits per heavy atom. The van der Waals surface area contributed by atoms with Crippen LogP contribution in [0.3, 0.4) is 0 Å². The van der Waals surface area contributed by atoms with Crippen LogP contribution >= 0.6 is 0 Å². The van der Waals surface area contributed by atoms with Crippen LogP contribution in [0.4, 0.5) is 11.5 Å². The summed E-state index contributed by atoms with van der Waals surface area (Å²) in [7, 11) is 0. The number of hydrogen-bond donors (Lipinski definition) is 2. The first-order valence-electron chi connectivity index (χ1n) is 6.72. The Bertz CT molecular complexity index is 651. The van der Waals surface area contributed by atoms with E-state index in [1.807, 2.05) is 38.1 Å². The summed E-state index contributed by atoms with van der Waals surface area (Å²) in [6, 6.07) is 9.07. The molecule has 0 bridgehead atoms. The van der Waals surface area contributed by atoms with Crippen LogP contribution in [0, 0.1) is 13.8 Å². The lowest BCUT2D eigenvalue weighted by Gasteiger charge is -2.12. The van der Waals surface area contributed by atoms with Crippen molar-refractivity contribution < 1.29 is 14.6 Å². The van der Waals surface area contributed by atoms with Crippen molar-refractivity contribution in [3.8, 4) is 5.75 Å². The molecule has 2 rings (SSSR count). The van der Waals surface area contributed by atoms with E-state index in [2.05, 4.69) is 10.3 Å². The number of nitrogens with one attached hydrogen (secondary N) is 1. The molecule has 2 aromatic rings. The van der Waals surface area contributed by atoms with E-state index in [9.17, 15) is 9.90 Å². The van der Waals surface area contributed by atoms with E-state index in [1.165, 1.54) is 0 Å². The zero-order chi connectivity index (χ0) is 15.4. The van der Waals surface area contributed by atoms with Gasteiger partial charge in [0.2, 0.25) is 0 Å². The van der Waals surface area contributed by atoms with Crippen molar-refractivity contribution in [3.05, 3.63) is 47.2 Å². The highest BCUT2D eigenvalue weighted by atomic mass is 16.5. The van der Waals surface area contributed by atoms with Gasteiger partial charge in [0.25, 0.3) is 0 Å². The summed E-state index contributed by atoms with van der Waals surface area (Å²) in [6.07, 6.45) is 0. The van der Waals surface area contributed by atoms with E-state index < -0.39 is 5.97 Å². The van der Waals surface area contributed by atoms with Crippen molar-refractivity contribution in [1.82, 2.24) is 4.98 Å². The van der Waals surface area contributed by atoms with E-state index >= 15 is 0 Å². The molecule has 0 aliphatic heterocycles. The first-order valence-corrected chi connectivity index (χ1v) is 6.72. The second-order valence-corrected chi connectivity index (χ2v) is 4.69. The Kier molecular flexibility index (Phi) is 4.42. The number of aromatic nitrogens is 1. The van der Waals surface area contributed by atoms with Gasteiger partial charge in [0, 0.05) is 11.4 Å². The lowest BCUT2D eigenvalue weighted by molar-refractivity contribution is 0.0697. The number of benzene rings is 1. The monoisotopic (exact) mass is 286 g/mol. The molecular formula is C16H18N2O3. The zero-order valence-corrected chi connectivity index (χ0v) is 12.3. The van der Waals surface area contributed by atoms with Crippen LogP contribution in [-0.2, 0) is 0 Å². The predicted molar refractivity (Wildman–Crippen MR) is 81.6 cm³/mol. The van der Waals surface area contributed by atoms with Crippen molar-refractivity contribution >= 4 is 17.5 Å². The Morgan fingerprint density at radius 3 is 2.52 bits per heavy atom. The number of pyridine rings is 1. The minimum Gasteiger partial charge on any atom is -0.494 e. The topological polar surface area (TPSA) is 71.5 Å². The maximum atomic E-state index is 11.4. The quantitative estimate of drug-likeness (QED) is 0.879. The number of carbonyl (C=O) groups is 1. The van der Waals surface area contributed by atoms with Gasteiger partial charge in [-0.3, -0.25) is 0 Å². The highest BCUT2D eigenvalue weighted by Crippen LogP contribution is 2.24. The number of carboxylic acids is 1. The van der Waals surface area contributed by atoms with Gasteiger partial charge in [0.15, 0.2) is 0 Å². The van der Waals surface area contributed by atoms with Crippen LogP contribution in [0.15, 0.2) is 30.3 Å². The number of aromatic carboxylic acids is 1. The van der Waals surface area contributed by atoms with Gasteiger partial charge in [-0.25, -0.2) is 9.78 Å². The molecule has 0 unspecified atom stereocenters. The largest absolute Gasteiger partial charge is 0.494 e. The first kappa shape index (κ1) is 14.8. The van der Waals surface area contributed by atoms with Crippen LogP contribution < -0.4 is 10.1 Å². The molecule has 1 aromatic carbocycles. The lowest BCUT2D eigenvalue weighted by atomic mass is 10.1. The fourth-order valence-corrected chi connectivity index (χ4v) is 2.14. The molecule has 0 fully saturated rings. The molecule has 0 atom stereocenters. The fourth-order valence-electron chi connectivity index (χ4n) is 2.14. The number of anilines is 2. The fraction of sp³-hybridized carbons (Fsp3) is 0.250. The number of carboxylic acid groups (broad SMARTS) is 1. The van der Waals surface area contributed by atoms with Gasteiger partial charge in [-0.15, -0.1) is 0 Å². The van der Waals surface area contributed by atoms with Crippen molar-refractivity contribution in [2.75, 3.05) is 11.9 Å². The van der Waals surface area contributed by atoms with Crippen LogP contribution in [-0.4, -0.2) is 22.7 Å². The summed E-state index contributed by atoms with van der Waals surface area (Å²) in [5, 5.41) is 12.4. The van der Waals surface area contributed by atoms with Crippen LogP contribution in [0.5, 0.6) is 5.75 Å². The van der Waals surface area contributed by atoms with Gasteiger partial charge in [0.1, 0.15) is 17.1 Å². The summed E-state index contributed by atoms with van der Waals surface area (Å²) in [6.45, 7) is 6.13. The molecule has 1 aromatic heterocycles. The van der Waals surface area contributed by atoms with Gasteiger partial charge in [0.05, 0.1) is 6.61 Å². The maximum Gasteiger partial charge on any atom is 0.339 e. The Balaban J connectivity index is 2.32. The summed E-state index contributed by atoms with van der Waals surface area (Å²) in [5.74, 6) is 0.132. The number of nitrogens with zero attached hydrogens (tertiary/aromatic N) is 1. The molecule has 5 nitrogen and oxygen atoms in total. The van der Waals surface area contributed by atoms with E-state index in [1.54, 1.807) is 13.0 Å². The van der Waals surface area contributed by atoms with Crippen LogP contribution in [0.2, 0.25) is 0 Å². The van der Waals surface area contributed by atoms with E-state index in [0.29, 0.717) is 18.0 Å². The third-order valence-electron chi connectivity index (χ3n) is 2.99. The number of ether oxygens (including phenoxy) is 1. The van der Waals surface area contributed by atoms with Crippen LogP contribution in [0.25, 0.3) is 0 Å². The second kappa shape index (κ2) is 6.26. The van der Waals surface area contributed by atoms with Crippen molar-refractivity contribution in [2.24, 2.45) is 0 Å². The highest BCUT2D eigenvalue weighted by molar-refractivity contribution is 5.95. The highest BCUT2D eigenvalue weighted by Gasteiger charge is 2.15. The van der Waals surface area contributed by atoms with Crippen molar-refractivity contribution in [3.63, 3.8) is 0 Å². The van der Waals surface area contributed by atoms with E-state index in [4.69, 9.17) is 4.74 Å². The number of hydrogen-bond acceptors (Lipinski definition) is 4. The minimum absolute atomic E-state index is 0.189. The molecule has 21 heavy (non-hydrogen) atoms. The average molecular weight is 286 g/mol. The Labute approximate surface area is 123 Å². The summed E-state index contributed by atoms with van der Waals surface area (Å²) < 4.78 is 5.37. The van der Waals surface area contributed by atoms with E-state index in [-0.39, 0.29) is 5.56 Å². The molecule has 0 saturated carbocycles. The van der Waals surface area contributed by atoms with Crippen molar-refractivity contribution in [2.45, 2.75) is 20.8 Å². The summed E-state index contributed by atoms with van der Waals surface area (Å²) in [4.78, 5) is 15.7. The van der Waals surface area contributed by atoms with Gasteiger partial charge in [-0.2, -0.15) is 0 Å². The smallest absolute Gasteiger partial charge is 0.339 e.